The molecule has 0 aromatic heterocycles. The van der Waals surface area contributed by atoms with Crippen LogP contribution in [0.2, 0.25) is 0 Å². The zero-order valence-corrected chi connectivity index (χ0v) is 16.0. The van der Waals surface area contributed by atoms with Crippen LogP contribution in [0.3, 0.4) is 0 Å². The molecule has 0 saturated carbocycles. The van der Waals surface area contributed by atoms with E-state index in [1.807, 2.05) is 0 Å². The maximum Gasteiger partial charge on any atom is 0.113 e. The fourth-order valence-electron chi connectivity index (χ4n) is 3.21. The molecule has 3 saturated heterocycles. The summed E-state index contributed by atoms with van der Waals surface area (Å²) in [6.07, 6.45) is 4.12. The Morgan fingerprint density at radius 2 is 1.39 bits per heavy atom. The van der Waals surface area contributed by atoms with Crippen LogP contribution in [-0.4, -0.2) is 50.8 Å². The summed E-state index contributed by atoms with van der Waals surface area (Å²) in [5, 5.41) is 9.97. The quantitative estimate of drug-likeness (QED) is 0.588. The fourth-order valence-corrected chi connectivity index (χ4v) is 3.62. The maximum atomic E-state index is 12.4. The molecule has 3 rings (SSSR count). The van der Waals surface area contributed by atoms with E-state index in [9.17, 15) is 4.39 Å². The van der Waals surface area contributed by atoms with E-state index in [0.29, 0.717) is 17.8 Å². The second kappa shape index (κ2) is 12.5. The van der Waals surface area contributed by atoms with Crippen LogP contribution in [0.5, 0.6) is 0 Å². The molecule has 3 N–H and O–H groups in total. The highest BCUT2D eigenvalue weighted by molar-refractivity contribution is 6.20. The Kier molecular flexibility index (Phi) is 11.5. The van der Waals surface area contributed by atoms with Crippen molar-refractivity contribution in [3.8, 4) is 0 Å². The minimum Gasteiger partial charge on any atom is -0.316 e. The predicted molar refractivity (Wildman–Crippen MR) is 99.1 cm³/mol. The van der Waals surface area contributed by atoms with Crippen LogP contribution in [0.25, 0.3) is 0 Å². The summed E-state index contributed by atoms with van der Waals surface area (Å²) in [5.41, 5.74) is 0. The standard InChI is InChI=1S/C6H12ClN.C6H12FN.C6H13N/c2*1-5-2-6(7)4-8-3-5;1-6-3-2-4-7-5-6/h2*5-6,8H,2-4H2,1H3;6-7H,2-5H2,1H3. The molecule has 138 valence electrons. The van der Waals surface area contributed by atoms with Crippen molar-refractivity contribution in [1.82, 2.24) is 16.0 Å². The Balaban J connectivity index is 0.000000173. The number of halogens is 2. The second-order valence-corrected chi connectivity index (χ2v) is 8.26. The Morgan fingerprint density at radius 1 is 0.783 bits per heavy atom. The van der Waals surface area contributed by atoms with Crippen LogP contribution in [0.4, 0.5) is 4.39 Å². The summed E-state index contributed by atoms with van der Waals surface area (Å²) < 4.78 is 12.4. The van der Waals surface area contributed by atoms with Crippen LogP contribution in [-0.2, 0) is 0 Å². The smallest absolute Gasteiger partial charge is 0.113 e. The third-order valence-electron chi connectivity index (χ3n) is 4.58. The highest BCUT2D eigenvalue weighted by Crippen LogP contribution is 2.13. The van der Waals surface area contributed by atoms with Gasteiger partial charge in [-0.05, 0) is 69.6 Å². The van der Waals surface area contributed by atoms with Gasteiger partial charge in [0.1, 0.15) is 6.17 Å². The molecule has 0 spiro atoms. The minimum absolute atomic E-state index is 0.374. The molecule has 5 unspecified atom stereocenters. The SMILES string of the molecule is CC1CCCNC1.CC1CNCC(Cl)C1.CC1CNCC(F)C1. The van der Waals surface area contributed by atoms with Crippen molar-refractivity contribution in [2.24, 2.45) is 17.8 Å². The van der Waals surface area contributed by atoms with E-state index < -0.39 is 6.17 Å². The number of nitrogens with one attached hydrogen (secondary N) is 3. The van der Waals surface area contributed by atoms with Gasteiger partial charge in [0, 0.05) is 18.5 Å². The average Bonchev–Trinajstić information content (AvgIpc) is 2.49. The van der Waals surface area contributed by atoms with E-state index in [2.05, 4.69) is 36.7 Å². The lowest BCUT2D eigenvalue weighted by atomic mass is 10.0. The number of hydrogen-bond donors (Lipinski definition) is 3. The van der Waals surface area contributed by atoms with Gasteiger partial charge in [-0.2, -0.15) is 0 Å². The summed E-state index contributed by atoms with van der Waals surface area (Å²) in [7, 11) is 0. The van der Waals surface area contributed by atoms with E-state index in [-0.39, 0.29) is 0 Å². The molecule has 23 heavy (non-hydrogen) atoms. The van der Waals surface area contributed by atoms with Gasteiger partial charge in [-0.3, -0.25) is 0 Å². The lowest BCUT2D eigenvalue weighted by molar-refractivity contribution is 0.224. The fraction of sp³-hybridized carbons (Fsp3) is 1.00. The van der Waals surface area contributed by atoms with Crippen molar-refractivity contribution < 1.29 is 4.39 Å². The van der Waals surface area contributed by atoms with Crippen molar-refractivity contribution in [1.29, 1.82) is 0 Å². The first kappa shape index (κ1) is 21.1. The topological polar surface area (TPSA) is 36.1 Å². The van der Waals surface area contributed by atoms with E-state index in [1.165, 1.54) is 32.4 Å². The third-order valence-corrected chi connectivity index (χ3v) is 4.91. The molecule has 0 aromatic carbocycles. The molecule has 0 aliphatic carbocycles. The zero-order valence-electron chi connectivity index (χ0n) is 15.2. The number of alkyl halides is 2. The molecule has 3 heterocycles. The summed E-state index contributed by atoms with van der Waals surface area (Å²) in [4.78, 5) is 0. The monoisotopic (exact) mass is 349 g/mol. The van der Waals surface area contributed by atoms with Gasteiger partial charge in [0.2, 0.25) is 0 Å². The first-order chi connectivity index (χ1) is 11.0. The summed E-state index contributed by atoms with van der Waals surface area (Å²) >= 11 is 5.85. The lowest BCUT2D eigenvalue weighted by Crippen LogP contribution is -2.35. The Bertz CT molecular complexity index is 251. The van der Waals surface area contributed by atoms with Crippen LogP contribution in [0, 0.1) is 17.8 Å². The van der Waals surface area contributed by atoms with Crippen molar-refractivity contribution in [2.45, 2.75) is 58.0 Å². The zero-order chi connectivity index (χ0) is 17.1. The van der Waals surface area contributed by atoms with Crippen molar-refractivity contribution in [3.63, 3.8) is 0 Å². The normalized spacial score (nSPS) is 37.7. The van der Waals surface area contributed by atoms with E-state index in [0.717, 1.165) is 37.9 Å². The number of piperidine rings is 3. The van der Waals surface area contributed by atoms with Crippen LogP contribution >= 0.6 is 11.6 Å². The summed E-state index contributed by atoms with van der Waals surface area (Å²) in [6, 6.07) is 0. The maximum absolute atomic E-state index is 12.4. The van der Waals surface area contributed by atoms with Crippen LogP contribution < -0.4 is 16.0 Å². The van der Waals surface area contributed by atoms with Gasteiger partial charge in [0.25, 0.3) is 0 Å². The Hall–Kier alpha value is 0.1000. The second-order valence-electron chi connectivity index (χ2n) is 7.64. The summed E-state index contributed by atoms with van der Waals surface area (Å²) in [6.45, 7) is 12.7. The van der Waals surface area contributed by atoms with Crippen molar-refractivity contribution in [2.75, 3.05) is 39.3 Å². The molecular weight excluding hydrogens is 313 g/mol. The lowest BCUT2D eigenvalue weighted by Gasteiger charge is -2.22. The number of hydrogen-bond acceptors (Lipinski definition) is 3. The van der Waals surface area contributed by atoms with Crippen molar-refractivity contribution in [3.05, 3.63) is 0 Å². The highest BCUT2D eigenvalue weighted by Gasteiger charge is 2.16. The molecule has 0 bridgehead atoms. The molecule has 5 atom stereocenters. The minimum atomic E-state index is -0.598. The Labute approximate surface area is 147 Å². The highest BCUT2D eigenvalue weighted by atomic mass is 35.5. The van der Waals surface area contributed by atoms with Crippen molar-refractivity contribution >= 4 is 11.6 Å². The molecule has 3 aliphatic heterocycles. The first-order valence-electron chi connectivity index (χ1n) is 9.37. The van der Waals surface area contributed by atoms with E-state index in [1.54, 1.807) is 0 Å². The van der Waals surface area contributed by atoms with Gasteiger partial charge in [0.15, 0.2) is 0 Å². The molecule has 3 aliphatic rings. The first-order valence-corrected chi connectivity index (χ1v) is 9.81. The Morgan fingerprint density at radius 3 is 1.70 bits per heavy atom. The van der Waals surface area contributed by atoms with Crippen LogP contribution in [0.15, 0.2) is 0 Å². The molecule has 0 aromatic rings. The molecule has 0 amide bonds. The average molecular weight is 350 g/mol. The van der Waals surface area contributed by atoms with Gasteiger partial charge in [-0.1, -0.05) is 20.8 Å². The van der Waals surface area contributed by atoms with E-state index in [4.69, 9.17) is 11.6 Å². The third kappa shape index (κ3) is 11.3. The molecule has 0 radical (unpaired) electrons. The summed E-state index contributed by atoms with van der Waals surface area (Å²) in [5.74, 6) is 2.22. The van der Waals surface area contributed by atoms with Gasteiger partial charge < -0.3 is 16.0 Å². The van der Waals surface area contributed by atoms with Gasteiger partial charge in [-0.25, -0.2) is 4.39 Å². The molecule has 5 heteroatoms. The van der Waals surface area contributed by atoms with Crippen LogP contribution in [0.1, 0.15) is 46.5 Å². The predicted octanol–water partition coefficient (Wildman–Crippen LogP) is 3.18. The van der Waals surface area contributed by atoms with Gasteiger partial charge >= 0.3 is 0 Å². The molecule has 3 nitrogen and oxygen atoms in total. The van der Waals surface area contributed by atoms with Gasteiger partial charge in [0.05, 0.1) is 0 Å². The van der Waals surface area contributed by atoms with E-state index >= 15 is 0 Å². The van der Waals surface area contributed by atoms with Gasteiger partial charge in [-0.15, -0.1) is 11.6 Å². The molecular formula is C18H37ClFN3. The molecule has 3 fully saturated rings. The number of rotatable bonds is 0. The largest absolute Gasteiger partial charge is 0.316 e.